The van der Waals surface area contributed by atoms with Crippen LogP contribution >= 0.6 is 0 Å². The summed E-state index contributed by atoms with van der Waals surface area (Å²) in [5.74, 6) is 0.0593. The van der Waals surface area contributed by atoms with E-state index in [-0.39, 0.29) is 18.5 Å². The summed E-state index contributed by atoms with van der Waals surface area (Å²) in [5.41, 5.74) is 3.03. The molecule has 0 saturated carbocycles. The number of fused-ring (bicyclic) bond motifs is 1. The molecule has 0 spiro atoms. The van der Waals surface area contributed by atoms with Gasteiger partial charge in [0.15, 0.2) is 17.3 Å². The topological polar surface area (TPSA) is 74.2 Å². The predicted octanol–water partition coefficient (Wildman–Crippen LogP) is 3.55. The van der Waals surface area contributed by atoms with E-state index in [1.54, 1.807) is 0 Å². The van der Waals surface area contributed by atoms with E-state index in [1.165, 1.54) is 0 Å². The Labute approximate surface area is 158 Å². The molecule has 0 saturated heterocycles. The van der Waals surface area contributed by atoms with Crippen LogP contribution in [0.15, 0.2) is 34.5 Å². The molecule has 4 rings (SSSR count). The van der Waals surface area contributed by atoms with Crippen molar-refractivity contribution in [1.29, 1.82) is 0 Å². The standard InChI is InChI=1S/C21H23NO5/c1-3-9-25-21(24)18-12(2)22-14-5-4-6-15(23)20(14)19(18)13-7-8-16-17(10-13)27-11-26-16/h7-8,10,18-19H,3-6,9,11H2,1-2H3/t18?,19-/m0/s1. The van der Waals surface area contributed by atoms with Crippen molar-refractivity contribution in [1.82, 2.24) is 0 Å². The van der Waals surface area contributed by atoms with Gasteiger partial charge in [-0.2, -0.15) is 0 Å². The van der Waals surface area contributed by atoms with Crippen LogP contribution in [0.1, 0.15) is 51.0 Å². The van der Waals surface area contributed by atoms with Crippen molar-refractivity contribution in [3.8, 4) is 11.5 Å². The average Bonchev–Trinajstić information content (AvgIpc) is 3.13. The number of Topliss-reactive ketones (excluding diaryl/α,β-unsaturated/α-hetero) is 1. The van der Waals surface area contributed by atoms with E-state index in [0.29, 0.717) is 35.8 Å². The molecule has 2 heterocycles. The normalized spacial score (nSPS) is 23.8. The smallest absolute Gasteiger partial charge is 0.315 e. The van der Waals surface area contributed by atoms with Gasteiger partial charge in [0.2, 0.25) is 6.79 Å². The monoisotopic (exact) mass is 369 g/mol. The number of hydrogen-bond donors (Lipinski definition) is 0. The summed E-state index contributed by atoms with van der Waals surface area (Å²) in [6.07, 6.45) is 2.80. The molecule has 6 heteroatoms. The number of ketones is 1. The molecule has 2 aliphatic heterocycles. The Kier molecular flexibility index (Phi) is 4.72. The number of nitrogens with zero attached hydrogens (tertiary/aromatic N) is 1. The van der Waals surface area contributed by atoms with Crippen molar-refractivity contribution >= 4 is 17.5 Å². The largest absolute Gasteiger partial charge is 0.465 e. The minimum absolute atomic E-state index is 0.0726. The lowest BCUT2D eigenvalue weighted by atomic mass is 9.71. The Balaban J connectivity index is 1.81. The van der Waals surface area contributed by atoms with Gasteiger partial charge in [0.1, 0.15) is 5.92 Å². The lowest BCUT2D eigenvalue weighted by Gasteiger charge is -2.34. The van der Waals surface area contributed by atoms with E-state index in [4.69, 9.17) is 14.2 Å². The minimum Gasteiger partial charge on any atom is -0.465 e. The van der Waals surface area contributed by atoms with Gasteiger partial charge in [0.25, 0.3) is 0 Å². The van der Waals surface area contributed by atoms with Crippen molar-refractivity contribution in [3.05, 3.63) is 35.0 Å². The first-order chi connectivity index (χ1) is 13.1. The maximum Gasteiger partial charge on any atom is 0.315 e. The summed E-state index contributed by atoms with van der Waals surface area (Å²) in [7, 11) is 0. The third-order valence-corrected chi connectivity index (χ3v) is 5.29. The van der Waals surface area contributed by atoms with E-state index >= 15 is 0 Å². The first kappa shape index (κ1) is 17.8. The van der Waals surface area contributed by atoms with Crippen LogP contribution in [0.2, 0.25) is 0 Å². The summed E-state index contributed by atoms with van der Waals surface area (Å²) in [5, 5.41) is 0. The zero-order valence-electron chi connectivity index (χ0n) is 15.6. The SMILES string of the molecule is CCCOC(=O)C1C(C)=NC2=C(C(=O)CCC2)[C@H]1c1ccc2c(c1)OCO2. The molecule has 27 heavy (non-hydrogen) atoms. The molecule has 142 valence electrons. The van der Waals surface area contributed by atoms with Crippen LogP contribution in [0, 0.1) is 5.92 Å². The second kappa shape index (κ2) is 7.18. The van der Waals surface area contributed by atoms with Crippen molar-refractivity contribution in [2.45, 2.75) is 45.4 Å². The van der Waals surface area contributed by atoms with Gasteiger partial charge in [0.05, 0.1) is 6.61 Å². The van der Waals surface area contributed by atoms with Crippen LogP contribution < -0.4 is 9.47 Å². The highest BCUT2D eigenvalue weighted by atomic mass is 16.7. The summed E-state index contributed by atoms with van der Waals surface area (Å²) in [4.78, 5) is 30.3. The van der Waals surface area contributed by atoms with Crippen molar-refractivity contribution < 1.29 is 23.8 Å². The number of ether oxygens (including phenoxy) is 3. The second-order valence-electron chi connectivity index (χ2n) is 7.13. The number of carbonyl (C=O) groups is 2. The molecule has 0 fully saturated rings. The van der Waals surface area contributed by atoms with Gasteiger partial charge in [0, 0.05) is 29.3 Å². The maximum absolute atomic E-state index is 12.9. The van der Waals surface area contributed by atoms with E-state index in [0.717, 1.165) is 30.5 Å². The van der Waals surface area contributed by atoms with Gasteiger partial charge in [-0.15, -0.1) is 0 Å². The van der Waals surface area contributed by atoms with Crippen LogP contribution in [-0.4, -0.2) is 30.9 Å². The average molecular weight is 369 g/mol. The molecule has 0 aromatic heterocycles. The van der Waals surface area contributed by atoms with Gasteiger partial charge in [-0.25, -0.2) is 0 Å². The highest BCUT2D eigenvalue weighted by molar-refractivity contribution is 6.08. The molecule has 1 aliphatic carbocycles. The molecule has 0 bridgehead atoms. The lowest BCUT2D eigenvalue weighted by Crippen LogP contribution is -2.37. The fourth-order valence-electron chi connectivity index (χ4n) is 4.07. The van der Waals surface area contributed by atoms with Crippen LogP contribution in [0.3, 0.4) is 0 Å². The highest BCUT2D eigenvalue weighted by Crippen LogP contribution is 2.45. The van der Waals surface area contributed by atoms with Gasteiger partial charge in [-0.1, -0.05) is 13.0 Å². The molecule has 6 nitrogen and oxygen atoms in total. The van der Waals surface area contributed by atoms with Gasteiger partial charge >= 0.3 is 5.97 Å². The molecule has 1 unspecified atom stereocenters. The van der Waals surface area contributed by atoms with Crippen molar-refractivity contribution in [2.75, 3.05) is 13.4 Å². The number of rotatable bonds is 4. The molecule has 1 aromatic carbocycles. The molecule has 1 aromatic rings. The predicted molar refractivity (Wildman–Crippen MR) is 99.0 cm³/mol. The number of hydrogen-bond acceptors (Lipinski definition) is 6. The molecule has 3 aliphatic rings. The zero-order valence-corrected chi connectivity index (χ0v) is 15.6. The number of esters is 1. The lowest BCUT2D eigenvalue weighted by molar-refractivity contribution is -0.146. The number of carbonyl (C=O) groups excluding carboxylic acids is 2. The van der Waals surface area contributed by atoms with Gasteiger partial charge in [-0.3, -0.25) is 14.6 Å². The van der Waals surface area contributed by atoms with Crippen LogP contribution in [0.25, 0.3) is 0 Å². The number of aliphatic imine (C=N–C) groups is 1. The molecule has 0 radical (unpaired) electrons. The van der Waals surface area contributed by atoms with Gasteiger partial charge < -0.3 is 14.2 Å². The first-order valence-electron chi connectivity index (χ1n) is 9.47. The zero-order chi connectivity index (χ0) is 19.0. The Morgan fingerprint density at radius 1 is 1.26 bits per heavy atom. The van der Waals surface area contributed by atoms with Crippen LogP contribution in [0.4, 0.5) is 0 Å². The molecular weight excluding hydrogens is 346 g/mol. The Hall–Kier alpha value is -2.63. The second-order valence-corrected chi connectivity index (χ2v) is 7.13. The molecule has 2 atom stereocenters. The van der Waals surface area contributed by atoms with Crippen molar-refractivity contribution in [3.63, 3.8) is 0 Å². The maximum atomic E-state index is 12.9. The Morgan fingerprint density at radius 3 is 2.89 bits per heavy atom. The Morgan fingerprint density at radius 2 is 2.07 bits per heavy atom. The fourth-order valence-corrected chi connectivity index (χ4v) is 4.07. The number of benzene rings is 1. The number of allylic oxidation sites excluding steroid dienone is 2. The summed E-state index contributed by atoms with van der Waals surface area (Å²) >= 11 is 0. The summed E-state index contributed by atoms with van der Waals surface area (Å²) in [6.45, 7) is 4.34. The van der Waals surface area contributed by atoms with Crippen LogP contribution in [-0.2, 0) is 14.3 Å². The van der Waals surface area contributed by atoms with E-state index < -0.39 is 11.8 Å². The third kappa shape index (κ3) is 3.13. The first-order valence-corrected chi connectivity index (χ1v) is 9.47. The van der Waals surface area contributed by atoms with E-state index in [1.807, 2.05) is 32.0 Å². The highest BCUT2D eigenvalue weighted by Gasteiger charge is 2.43. The minimum atomic E-state index is -0.599. The van der Waals surface area contributed by atoms with Crippen molar-refractivity contribution in [2.24, 2.45) is 10.9 Å². The summed E-state index contributed by atoms with van der Waals surface area (Å²) < 4.78 is 16.4. The fraction of sp³-hybridized carbons (Fsp3) is 0.476. The van der Waals surface area contributed by atoms with Gasteiger partial charge in [-0.05, 0) is 43.9 Å². The Bertz CT molecular complexity index is 854. The van der Waals surface area contributed by atoms with Crippen LogP contribution in [0.5, 0.6) is 11.5 Å². The van der Waals surface area contributed by atoms with E-state index in [2.05, 4.69) is 4.99 Å². The molecule has 0 N–H and O–H groups in total. The molecular formula is C21H23NO5. The molecule has 0 amide bonds. The quantitative estimate of drug-likeness (QED) is 0.759. The summed E-state index contributed by atoms with van der Waals surface area (Å²) in [6, 6.07) is 5.61. The third-order valence-electron chi connectivity index (χ3n) is 5.29. The van der Waals surface area contributed by atoms with E-state index in [9.17, 15) is 9.59 Å².